The number of nitrogen functional groups attached to an aromatic ring is 1. The van der Waals surface area contributed by atoms with Crippen molar-refractivity contribution in [2.75, 3.05) is 25.4 Å². The van der Waals surface area contributed by atoms with E-state index >= 15 is 0 Å². The first-order chi connectivity index (χ1) is 16.1. The molecule has 3 N–H and O–H groups in total. The average Bonchev–Trinajstić information content (AvgIpc) is 3.44. The SMILES string of the molecule is CCCC(O)CCOc1nc(N)c2cc(C#N)n(Cc3ccc(CN4CCCC4)cc3)c2n1. The number of fused-ring (bicyclic) bond motifs is 1. The molecule has 174 valence electrons. The van der Waals surface area contributed by atoms with Crippen LogP contribution in [0.5, 0.6) is 6.01 Å². The number of benzene rings is 1. The van der Waals surface area contributed by atoms with Crippen LogP contribution in [0.15, 0.2) is 30.3 Å². The molecule has 0 amide bonds. The minimum absolute atomic E-state index is 0.161. The predicted octanol–water partition coefficient (Wildman–Crippen LogP) is 3.46. The van der Waals surface area contributed by atoms with Crippen molar-refractivity contribution in [3.63, 3.8) is 0 Å². The number of ether oxygens (including phenoxy) is 1. The van der Waals surface area contributed by atoms with Crippen molar-refractivity contribution >= 4 is 16.9 Å². The summed E-state index contributed by atoms with van der Waals surface area (Å²) < 4.78 is 7.52. The van der Waals surface area contributed by atoms with Gasteiger partial charge in [0.2, 0.25) is 0 Å². The standard InChI is InChI=1S/C25H32N6O2/c1-2-5-21(32)10-13-33-25-28-23(27)22-14-20(15-26)31(24(22)29-25)17-19-8-6-18(7-9-19)16-30-11-3-4-12-30/h6-9,14,21,32H,2-5,10-13,16-17H2,1H3,(H2,27,28,29). The summed E-state index contributed by atoms with van der Waals surface area (Å²) in [5.74, 6) is 0.278. The van der Waals surface area contributed by atoms with E-state index in [0.717, 1.165) is 24.9 Å². The molecule has 8 heteroatoms. The summed E-state index contributed by atoms with van der Waals surface area (Å²) in [4.78, 5) is 11.3. The number of likely N-dealkylation sites (tertiary alicyclic amines) is 1. The van der Waals surface area contributed by atoms with Crippen molar-refractivity contribution in [3.05, 3.63) is 47.2 Å². The molecule has 0 spiro atoms. The third-order valence-corrected chi connectivity index (χ3v) is 6.15. The maximum atomic E-state index is 9.91. The van der Waals surface area contributed by atoms with E-state index in [1.165, 1.54) is 31.5 Å². The maximum absolute atomic E-state index is 9.91. The van der Waals surface area contributed by atoms with E-state index in [9.17, 15) is 10.4 Å². The largest absolute Gasteiger partial charge is 0.463 e. The van der Waals surface area contributed by atoms with Gasteiger partial charge in [-0.1, -0.05) is 37.6 Å². The van der Waals surface area contributed by atoms with E-state index in [1.54, 1.807) is 6.07 Å². The lowest BCUT2D eigenvalue weighted by Crippen LogP contribution is -2.18. The van der Waals surface area contributed by atoms with Crippen molar-refractivity contribution in [1.82, 2.24) is 19.4 Å². The van der Waals surface area contributed by atoms with E-state index in [2.05, 4.69) is 45.2 Å². The molecule has 1 saturated heterocycles. The van der Waals surface area contributed by atoms with Gasteiger partial charge in [0.05, 0.1) is 24.6 Å². The number of rotatable bonds is 10. The van der Waals surface area contributed by atoms with Gasteiger partial charge in [-0.05, 0) is 49.5 Å². The van der Waals surface area contributed by atoms with E-state index in [1.807, 2.05) is 11.5 Å². The molecule has 3 heterocycles. The van der Waals surface area contributed by atoms with Gasteiger partial charge in [-0.3, -0.25) is 4.90 Å². The van der Waals surface area contributed by atoms with Crippen LogP contribution < -0.4 is 10.5 Å². The van der Waals surface area contributed by atoms with Gasteiger partial charge in [-0.2, -0.15) is 15.2 Å². The number of anilines is 1. The summed E-state index contributed by atoms with van der Waals surface area (Å²) in [6.07, 6.45) is 4.32. The van der Waals surface area contributed by atoms with E-state index in [-0.39, 0.29) is 11.8 Å². The molecule has 0 bridgehead atoms. The molecule has 2 aromatic heterocycles. The average molecular weight is 449 g/mol. The molecule has 1 unspecified atom stereocenters. The Balaban J connectivity index is 1.52. The lowest BCUT2D eigenvalue weighted by atomic mass is 10.1. The lowest BCUT2D eigenvalue weighted by molar-refractivity contribution is 0.127. The number of aliphatic hydroxyl groups excluding tert-OH is 1. The summed E-state index contributed by atoms with van der Waals surface area (Å²) in [5.41, 5.74) is 9.58. The lowest BCUT2D eigenvalue weighted by Gasteiger charge is -2.15. The number of nitriles is 1. The van der Waals surface area contributed by atoms with Crippen molar-refractivity contribution in [2.45, 2.75) is 58.2 Å². The molecule has 33 heavy (non-hydrogen) atoms. The summed E-state index contributed by atoms with van der Waals surface area (Å²) in [5, 5.41) is 20.2. The van der Waals surface area contributed by atoms with E-state index in [0.29, 0.717) is 36.3 Å². The highest BCUT2D eigenvalue weighted by atomic mass is 16.5. The molecule has 8 nitrogen and oxygen atoms in total. The minimum Gasteiger partial charge on any atom is -0.463 e. The van der Waals surface area contributed by atoms with Gasteiger partial charge < -0.3 is 20.1 Å². The number of aromatic nitrogens is 3. The van der Waals surface area contributed by atoms with Crippen molar-refractivity contribution < 1.29 is 9.84 Å². The van der Waals surface area contributed by atoms with Gasteiger partial charge in [-0.25, -0.2) is 0 Å². The van der Waals surface area contributed by atoms with Crippen LogP contribution in [0.25, 0.3) is 11.0 Å². The summed E-state index contributed by atoms with van der Waals surface area (Å²) in [7, 11) is 0. The first-order valence-electron chi connectivity index (χ1n) is 11.7. The fraction of sp³-hybridized carbons (Fsp3) is 0.480. The van der Waals surface area contributed by atoms with Gasteiger partial charge in [0, 0.05) is 13.0 Å². The van der Waals surface area contributed by atoms with Crippen molar-refractivity contribution in [1.29, 1.82) is 5.26 Å². The Morgan fingerprint density at radius 2 is 1.82 bits per heavy atom. The Morgan fingerprint density at radius 1 is 1.12 bits per heavy atom. The molecule has 1 aromatic carbocycles. The van der Waals surface area contributed by atoms with Crippen LogP contribution in [0.3, 0.4) is 0 Å². The van der Waals surface area contributed by atoms with Gasteiger partial charge in [0.25, 0.3) is 0 Å². The Bertz CT molecular complexity index is 1110. The van der Waals surface area contributed by atoms with Crippen LogP contribution in [0.1, 0.15) is 55.8 Å². The van der Waals surface area contributed by atoms with Crippen LogP contribution in [-0.4, -0.2) is 50.3 Å². The summed E-state index contributed by atoms with van der Waals surface area (Å²) in [6, 6.07) is 12.7. The van der Waals surface area contributed by atoms with Crippen LogP contribution in [0.2, 0.25) is 0 Å². The van der Waals surface area contributed by atoms with Gasteiger partial charge in [-0.15, -0.1) is 0 Å². The van der Waals surface area contributed by atoms with Gasteiger partial charge in [0.1, 0.15) is 17.6 Å². The molecule has 0 saturated carbocycles. The zero-order chi connectivity index (χ0) is 23.2. The molecule has 4 rings (SSSR count). The van der Waals surface area contributed by atoms with Crippen LogP contribution in [-0.2, 0) is 13.1 Å². The third kappa shape index (κ3) is 5.62. The fourth-order valence-electron chi connectivity index (χ4n) is 4.34. The maximum Gasteiger partial charge on any atom is 0.320 e. The van der Waals surface area contributed by atoms with Crippen LogP contribution in [0.4, 0.5) is 5.82 Å². The first kappa shape index (κ1) is 23.0. The number of hydrogen-bond donors (Lipinski definition) is 2. The summed E-state index contributed by atoms with van der Waals surface area (Å²) in [6.45, 7) is 6.16. The second kappa shape index (κ2) is 10.6. The van der Waals surface area contributed by atoms with Crippen LogP contribution >= 0.6 is 0 Å². The number of nitrogens with two attached hydrogens (primary N) is 1. The fourth-order valence-corrected chi connectivity index (χ4v) is 4.34. The predicted molar refractivity (Wildman–Crippen MR) is 128 cm³/mol. The molecule has 1 fully saturated rings. The number of aliphatic hydroxyl groups is 1. The van der Waals surface area contributed by atoms with E-state index < -0.39 is 6.10 Å². The Labute approximate surface area is 194 Å². The zero-order valence-electron chi connectivity index (χ0n) is 19.2. The van der Waals surface area contributed by atoms with E-state index in [4.69, 9.17) is 10.5 Å². The highest BCUT2D eigenvalue weighted by molar-refractivity contribution is 5.88. The van der Waals surface area contributed by atoms with Crippen molar-refractivity contribution in [3.8, 4) is 12.1 Å². The Kier molecular flexibility index (Phi) is 7.43. The molecule has 1 aliphatic heterocycles. The first-order valence-corrected chi connectivity index (χ1v) is 11.7. The summed E-state index contributed by atoms with van der Waals surface area (Å²) >= 11 is 0. The molecule has 3 aromatic rings. The van der Waals surface area contributed by atoms with Crippen LogP contribution in [0, 0.1) is 11.3 Å². The van der Waals surface area contributed by atoms with Gasteiger partial charge >= 0.3 is 6.01 Å². The Hall–Kier alpha value is -3.15. The molecular formula is C25H32N6O2. The highest BCUT2D eigenvalue weighted by Crippen LogP contribution is 2.26. The topological polar surface area (TPSA) is 113 Å². The second-order valence-corrected chi connectivity index (χ2v) is 8.74. The molecule has 1 aliphatic rings. The monoisotopic (exact) mass is 448 g/mol. The minimum atomic E-state index is -0.404. The Morgan fingerprint density at radius 3 is 2.48 bits per heavy atom. The smallest absolute Gasteiger partial charge is 0.320 e. The molecule has 0 aliphatic carbocycles. The normalized spacial score (nSPS) is 15.1. The number of hydrogen-bond acceptors (Lipinski definition) is 7. The zero-order valence-corrected chi connectivity index (χ0v) is 19.2. The molecule has 1 atom stereocenters. The number of nitrogens with zero attached hydrogens (tertiary/aromatic N) is 5. The second-order valence-electron chi connectivity index (χ2n) is 8.74. The highest BCUT2D eigenvalue weighted by Gasteiger charge is 2.17. The van der Waals surface area contributed by atoms with Gasteiger partial charge in [0.15, 0.2) is 5.65 Å². The third-order valence-electron chi connectivity index (χ3n) is 6.15. The van der Waals surface area contributed by atoms with Crippen molar-refractivity contribution in [2.24, 2.45) is 0 Å². The quantitative estimate of drug-likeness (QED) is 0.488. The molecule has 0 radical (unpaired) electrons. The molecular weight excluding hydrogens is 416 g/mol.